The summed E-state index contributed by atoms with van der Waals surface area (Å²) in [4.78, 5) is 16.8. The number of anilines is 1. The Kier molecular flexibility index (Phi) is 2.78. The van der Waals surface area contributed by atoms with E-state index in [-0.39, 0.29) is 5.91 Å². The van der Waals surface area contributed by atoms with Gasteiger partial charge in [-0.25, -0.2) is 4.98 Å². The topological polar surface area (TPSA) is 59.2 Å². The highest BCUT2D eigenvalue weighted by Crippen LogP contribution is 2.12. The van der Waals surface area contributed by atoms with Gasteiger partial charge in [0.1, 0.15) is 5.82 Å². The fourth-order valence-electron chi connectivity index (χ4n) is 0.790. The number of nitrogens with two attached hydrogens (primary N) is 1. The molecule has 4 nitrogen and oxygen atoms in total. The fraction of sp³-hybridized carbons (Fsp3) is 0.429. The van der Waals surface area contributed by atoms with Gasteiger partial charge < -0.3 is 5.73 Å². The zero-order chi connectivity index (χ0) is 9.14. The van der Waals surface area contributed by atoms with Crippen molar-refractivity contribution in [1.29, 1.82) is 0 Å². The number of carbonyl (C=O) groups is 1. The second-order valence-electron chi connectivity index (χ2n) is 2.53. The van der Waals surface area contributed by atoms with Gasteiger partial charge in [-0.05, 0) is 6.92 Å². The largest absolute Gasteiger partial charge is 0.320 e. The van der Waals surface area contributed by atoms with Crippen LogP contribution in [-0.4, -0.2) is 24.0 Å². The van der Waals surface area contributed by atoms with Gasteiger partial charge in [0.15, 0.2) is 0 Å². The van der Waals surface area contributed by atoms with Crippen LogP contribution < -0.4 is 10.6 Å². The summed E-state index contributed by atoms with van der Waals surface area (Å²) in [5, 5.41) is 1.81. The molecular formula is C7H11N3OS. The Morgan fingerprint density at radius 1 is 1.83 bits per heavy atom. The van der Waals surface area contributed by atoms with Crippen molar-refractivity contribution in [3.8, 4) is 0 Å². The van der Waals surface area contributed by atoms with Crippen LogP contribution >= 0.6 is 11.3 Å². The zero-order valence-corrected chi connectivity index (χ0v) is 7.84. The van der Waals surface area contributed by atoms with E-state index >= 15 is 0 Å². The molecule has 12 heavy (non-hydrogen) atoms. The van der Waals surface area contributed by atoms with E-state index < -0.39 is 6.04 Å². The normalized spacial score (nSPS) is 12.6. The van der Waals surface area contributed by atoms with E-state index in [1.807, 2.05) is 0 Å². The second-order valence-corrected chi connectivity index (χ2v) is 3.25. The quantitative estimate of drug-likeness (QED) is 0.728. The van der Waals surface area contributed by atoms with Gasteiger partial charge in [-0.2, -0.15) is 0 Å². The van der Waals surface area contributed by atoms with Crippen molar-refractivity contribution >= 4 is 23.1 Å². The average Bonchev–Trinajstić information content (AvgIpc) is 2.53. The first-order valence-electron chi connectivity index (χ1n) is 3.54. The number of carbonyl (C=O) groups excluding carboxylic acids is 1. The number of nitrogens with zero attached hydrogens (tertiary/aromatic N) is 2. The van der Waals surface area contributed by atoms with Crippen molar-refractivity contribution in [2.24, 2.45) is 5.73 Å². The van der Waals surface area contributed by atoms with Crippen LogP contribution in [0.25, 0.3) is 0 Å². The van der Waals surface area contributed by atoms with Crippen molar-refractivity contribution in [3.05, 3.63) is 10.9 Å². The molecule has 1 atom stereocenters. The van der Waals surface area contributed by atoms with E-state index in [1.165, 1.54) is 16.2 Å². The molecule has 66 valence electrons. The number of hydrogen-bond acceptors (Lipinski definition) is 4. The lowest BCUT2D eigenvalue weighted by molar-refractivity contribution is -0.119. The SMILES string of the molecule is C[C@H](N)C(=O)N(C)c1cscn1. The van der Waals surface area contributed by atoms with Gasteiger partial charge >= 0.3 is 0 Å². The van der Waals surface area contributed by atoms with Crippen LogP contribution in [0.15, 0.2) is 10.9 Å². The summed E-state index contributed by atoms with van der Waals surface area (Å²) in [6.07, 6.45) is 0. The molecular weight excluding hydrogens is 174 g/mol. The smallest absolute Gasteiger partial charge is 0.244 e. The van der Waals surface area contributed by atoms with E-state index in [0.29, 0.717) is 5.82 Å². The third-order valence-corrected chi connectivity index (χ3v) is 2.06. The van der Waals surface area contributed by atoms with Gasteiger partial charge in [-0.15, -0.1) is 11.3 Å². The molecule has 0 aliphatic rings. The molecule has 0 aliphatic carbocycles. The van der Waals surface area contributed by atoms with Crippen molar-refractivity contribution in [2.45, 2.75) is 13.0 Å². The van der Waals surface area contributed by atoms with Gasteiger partial charge in [0.25, 0.3) is 0 Å². The molecule has 0 spiro atoms. The number of rotatable bonds is 2. The Hall–Kier alpha value is -0.940. The van der Waals surface area contributed by atoms with E-state index in [0.717, 1.165) is 0 Å². The third-order valence-electron chi connectivity index (χ3n) is 1.48. The number of hydrogen-bond donors (Lipinski definition) is 1. The Morgan fingerprint density at radius 3 is 2.92 bits per heavy atom. The highest BCUT2D eigenvalue weighted by molar-refractivity contribution is 7.07. The molecule has 0 saturated carbocycles. The summed E-state index contributed by atoms with van der Waals surface area (Å²) in [5.41, 5.74) is 7.11. The summed E-state index contributed by atoms with van der Waals surface area (Å²) in [6, 6.07) is -0.475. The predicted molar refractivity (Wildman–Crippen MR) is 49.2 cm³/mol. The van der Waals surface area contributed by atoms with Gasteiger partial charge in [-0.3, -0.25) is 9.69 Å². The van der Waals surface area contributed by atoms with Crippen molar-refractivity contribution in [1.82, 2.24) is 4.98 Å². The van der Waals surface area contributed by atoms with Crippen LogP contribution in [0.2, 0.25) is 0 Å². The predicted octanol–water partition coefficient (Wildman–Crippen LogP) is 0.453. The molecule has 0 radical (unpaired) electrons. The van der Waals surface area contributed by atoms with E-state index in [4.69, 9.17) is 5.73 Å². The van der Waals surface area contributed by atoms with E-state index in [2.05, 4.69) is 4.98 Å². The molecule has 5 heteroatoms. The van der Waals surface area contributed by atoms with Crippen LogP contribution in [0.5, 0.6) is 0 Å². The summed E-state index contributed by atoms with van der Waals surface area (Å²) < 4.78 is 0. The Morgan fingerprint density at radius 2 is 2.50 bits per heavy atom. The van der Waals surface area contributed by atoms with Gasteiger partial charge in [-0.1, -0.05) is 0 Å². The highest BCUT2D eigenvalue weighted by Gasteiger charge is 2.15. The maximum atomic E-state index is 11.3. The van der Waals surface area contributed by atoms with Crippen molar-refractivity contribution < 1.29 is 4.79 Å². The summed E-state index contributed by atoms with van der Waals surface area (Å²) >= 11 is 1.45. The minimum Gasteiger partial charge on any atom is -0.320 e. The molecule has 1 amide bonds. The Bertz CT molecular complexity index is 258. The zero-order valence-electron chi connectivity index (χ0n) is 7.02. The lowest BCUT2D eigenvalue weighted by Gasteiger charge is -2.15. The third kappa shape index (κ3) is 1.80. The molecule has 1 rings (SSSR count). The minimum atomic E-state index is -0.475. The fourth-order valence-corrected chi connectivity index (χ4v) is 1.36. The molecule has 0 unspecified atom stereocenters. The first-order chi connectivity index (χ1) is 5.63. The summed E-state index contributed by atoms with van der Waals surface area (Å²) in [7, 11) is 1.67. The molecule has 2 N–H and O–H groups in total. The van der Waals surface area contributed by atoms with E-state index in [1.54, 1.807) is 24.9 Å². The molecule has 0 aromatic carbocycles. The van der Waals surface area contributed by atoms with Gasteiger partial charge in [0, 0.05) is 12.4 Å². The van der Waals surface area contributed by atoms with Crippen LogP contribution in [0.4, 0.5) is 5.82 Å². The Balaban J connectivity index is 2.72. The molecule has 0 saturated heterocycles. The highest BCUT2D eigenvalue weighted by atomic mass is 32.1. The number of amides is 1. The average molecular weight is 185 g/mol. The minimum absolute atomic E-state index is 0.124. The number of aromatic nitrogens is 1. The maximum Gasteiger partial charge on any atom is 0.244 e. The van der Waals surface area contributed by atoms with Gasteiger partial charge in [0.2, 0.25) is 5.91 Å². The van der Waals surface area contributed by atoms with Crippen molar-refractivity contribution in [3.63, 3.8) is 0 Å². The van der Waals surface area contributed by atoms with Crippen LogP contribution in [0, 0.1) is 0 Å². The summed E-state index contributed by atoms with van der Waals surface area (Å²) in [6.45, 7) is 1.66. The molecule has 0 aliphatic heterocycles. The first kappa shape index (κ1) is 9.15. The second kappa shape index (κ2) is 3.64. The molecule has 1 aromatic rings. The first-order valence-corrected chi connectivity index (χ1v) is 4.48. The lowest BCUT2D eigenvalue weighted by atomic mass is 10.3. The monoisotopic (exact) mass is 185 g/mol. The molecule has 0 bridgehead atoms. The maximum absolute atomic E-state index is 11.3. The van der Waals surface area contributed by atoms with Crippen molar-refractivity contribution in [2.75, 3.05) is 11.9 Å². The number of thiazole rings is 1. The van der Waals surface area contributed by atoms with Crippen LogP contribution in [0.3, 0.4) is 0 Å². The number of likely N-dealkylation sites (N-methyl/N-ethyl adjacent to an activating group) is 1. The van der Waals surface area contributed by atoms with Gasteiger partial charge in [0.05, 0.1) is 11.6 Å². The van der Waals surface area contributed by atoms with Crippen LogP contribution in [-0.2, 0) is 4.79 Å². The molecule has 0 fully saturated rings. The Labute approximate surface area is 75.0 Å². The molecule has 1 aromatic heterocycles. The van der Waals surface area contributed by atoms with E-state index in [9.17, 15) is 4.79 Å². The lowest BCUT2D eigenvalue weighted by Crippen LogP contribution is -2.39. The standard InChI is InChI=1S/C7H11N3OS/c1-5(8)7(11)10(2)6-3-12-4-9-6/h3-5H,8H2,1-2H3/t5-/m0/s1. The van der Waals surface area contributed by atoms with Crippen LogP contribution in [0.1, 0.15) is 6.92 Å². The molecule has 1 heterocycles. The summed E-state index contributed by atoms with van der Waals surface area (Å²) in [5.74, 6) is 0.531.